The first-order chi connectivity index (χ1) is 11.8. The van der Waals surface area contributed by atoms with Gasteiger partial charge in [0.25, 0.3) is 0 Å². The molecule has 1 saturated heterocycles. The van der Waals surface area contributed by atoms with Crippen molar-refractivity contribution in [3.63, 3.8) is 0 Å². The molecule has 0 bridgehead atoms. The number of benzene rings is 1. The number of hydrogen-bond acceptors (Lipinski definition) is 4. The molecule has 8 heteroatoms. The zero-order valence-corrected chi connectivity index (χ0v) is 16.4. The normalized spacial score (nSPS) is 16.2. The second-order valence-corrected chi connectivity index (χ2v) is 8.87. The minimum Gasteiger partial charge on any atom is -0.353 e. The zero-order chi connectivity index (χ0) is 18.2. The molecule has 0 unspecified atom stereocenters. The van der Waals surface area contributed by atoms with Gasteiger partial charge in [0.2, 0.25) is 10.0 Å². The van der Waals surface area contributed by atoms with E-state index in [4.69, 9.17) is 23.2 Å². The van der Waals surface area contributed by atoms with Crippen molar-refractivity contribution >= 4 is 39.0 Å². The Bertz CT molecular complexity index is 895. The van der Waals surface area contributed by atoms with Crippen molar-refractivity contribution < 1.29 is 8.42 Å². The first kappa shape index (κ1) is 18.5. The predicted octanol–water partition coefficient (Wildman–Crippen LogP) is 3.52. The average molecular weight is 400 g/mol. The molecule has 25 heavy (non-hydrogen) atoms. The van der Waals surface area contributed by atoms with Crippen molar-refractivity contribution in [3.05, 3.63) is 51.6 Å². The highest BCUT2D eigenvalue weighted by Gasteiger charge is 2.30. The topological polar surface area (TPSA) is 53.5 Å². The highest BCUT2D eigenvalue weighted by Crippen LogP contribution is 2.28. The third-order valence-electron chi connectivity index (χ3n) is 4.29. The molecule has 2 heterocycles. The highest BCUT2D eigenvalue weighted by atomic mass is 35.5. The third kappa shape index (κ3) is 3.77. The summed E-state index contributed by atoms with van der Waals surface area (Å²) in [5.74, 6) is 0.634. The number of piperazine rings is 1. The molecule has 2 aromatic rings. The first-order valence-electron chi connectivity index (χ1n) is 7.92. The molecule has 134 valence electrons. The Balaban J connectivity index is 1.78. The Morgan fingerprint density at radius 2 is 1.72 bits per heavy atom. The molecule has 0 N–H and O–H groups in total. The van der Waals surface area contributed by atoms with Crippen LogP contribution < -0.4 is 4.90 Å². The SMILES string of the molecule is Cc1ccc(C)c(S(=O)(=O)N2CCN(c3ncc(Cl)cc3Cl)CC2)c1. The van der Waals surface area contributed by atoms with Crippen LogP contribution in [0.2, 0.25) is 10.0 Å². The van der Waals surface area contributed by atoms with Crippen molar-refractivity contribution in [2.75, 3.05) is 31.1 Å². The second-order valence-electron chi connectivity index (χ2n) is 6.12. The van der Waals surface area contributed by atoms with Crippen molar-refractivity contribution in [1.29, 1.82) is 0 Å². The summed E-state index contributed by atoms with van der Waals surface area (Å²) in [5.41, 5.74) is 1.69. The second kappa shape index (κ2) is 7.11. The van der Waals surface area contributed by atoms with Gasteiger partial charge in [-0.15, -0.1) is 0 Å². The molecule has 0 atom stereocenters. The van der Waals surface area contributed by atoms with Crippen LogP contribution in [0.5, 0.6) is 0 Å². The largest absolute Gasteiger partial charge is 0.353 e. The quantitative estimate of drug-likeness (QED) is 0.791. The standard InChI is InChI=1S/C17H19Cl2N3O2S/c1-12-3-4-13(2)16(9-12)25(23,24)22-7-5-21(6-8-22)17-15(19)10-14(18)11-20-17/h3-4,9-11H,5-8H2,1-2H3. The molecular weight excluding hydrogens is 381 g/mol. The maximum absolute atomic E-state index is 13.0. The Hall–Kier alpha value is -1.34. The van der Waals surface area contributed by atoms with E-state index < -0.39 is 10.0 Å². The summed E-state index contributed by atoms with van der Waals surface area (Å²) in [6.07, 6.45) is 1.54. The van der Waals surface area contributed by atoms with E-state index in [0.717, 1.165) is 11.1 Å². The lowest BCUT2D eigenvalue weighted by atomic mass is 10.2. The molecule has 0 spiro atoms. The fraction of sp³-hybridized carbons (Fsp3) is 0.353. The lowest BCUT2D eigenvalue weighted by molar-refractivity contribution is 0.383. The van der Waals surface area contributed by atoms with Gasteiger partial charge in [-0.2, -0.15) is 4.31 Å². The van der Waals surface area contributed by atoms with Crippen LogP contribution >= 0.6 is 23.2 Å². The van der Waals surface area contributed by atoms with Crippen LogP contribution in [0.3, 0.4) is 0 Å². The minimum absolute atomic E-state index is 0.378. The highest BCUT2D eigenvalue weighted by molar-refractivity contribution is 7.89. The van der Waals surface area contributed by atoms with E-state index in [9.17, 15) is 8.42 Å². The lowest BCUT2D eigenvalue weighted by Gasteiger charge is -2.35. The molecule has 1 fully saturated rings. The summed E-state index contributed by atoms with van der Waals surface area (Å²) < 4.78 is 27.4. The van der Waals surface area contributed by atoms with Gasteiger partial charge in [-0.05, 0) is 37.1 Å². The van der Waals surface area contributed by atoms with Crippen LogP contribution in [-0.2, 0) is 10.0 Å². The number of aromatic nitrogens is 1. The van der Waals surface area contributed by atoms with E-state index >= 15 is 0 Å². The Labute approximate surface area is 158 Å². The molecule has 0 aliphatic carbocycles. The number of halogens is 2. The van der Waals surface area contributed by atoms with Crippen LogP contribution in [0.25, 0.3) is 0 Å². The van der Waals surface area contributed by atoms with Gasteiger partial charge in [-0.25, -0.2) is 13.4 Å². The monoisotopic (exact) mass is 399 g/mol. The molecule has 3 rings (SSSR count). The van der Waals surface area contributed by atoms with Crippen LogP contribution in [-0.4, -0.2) is 43.9 Å². The number of hydrogen-bond donors (Lipinski definition) is 0. The van der Waals surface area contributed by atoms with Crippen molar-refractivity contribution in [3.8, 4) is 0 Å². The van der Waals surface area contributed by atoms with Crippen molar-refractivity contribution in [1.82, 2.24) is 9.29 Å². The lowest BCUT2D eigenvalue weighted by Crippen LogP contribution is -2.49. The smallest absolute Gasteiger partial charge is 0.243 e. The van der Waals surface area contributed by atoms with Crippen LogP contribution in [0, 0.1) is 13.8 Å². The molecule has 0 radical (unpaired) electrons. The molecule has 0 amide bonds. The number of aryl methyl sites for hydroxylation is 2. The van der Waals surface area contributed by atoms with Gasteiger partial charge in [0.1, 0.15) is 5.82 Å². The van der Waals surface area contributed by atoms with E-state index in [1.54, 1.807) is 18.3 Å². The van der Waals surface area contributed by atoms with Crippen molar-refractivity contribution in [2.45, 2.75) is 18.7 Å². The zero-order valence-electron chi connectivity index (χ0n) is 14.0. The number of pyridine rings is 1. The summed E-state index contributed by atoms with van der Waals surface area (Å²) in [7, 11) is -3.51. The Morgan fingerprint density at radius 1 is 1.04 bits per heavy atom. The van der Waals surface area contributed by atoms with Crippen LogP contribution in [0.1, 0.15) is 11.1 Å². The van der Waals surface area contributed by atoms with Gasteiger partial charge in [0.15, 0.2) is 0 Å². The molecule has 0 saturated carbocycles. The van der Waals surface area contributed by atoms with Gasteiger partial charge >= 0.3 is 0 Å². The summed E-state index contributed by atoms with van der Waals surface area (Å²) in [4.78, 5) is 6.62. The molecule has 1 aliphatic rings. The molecule has 1 aromatic carbocycles. The number of rotatable bonds is 3. The number of nitrogens with zero attached hydrogens (tertiary/aromatic N) is 3. The van der Waals surface area contributed by atoms with Gasteiger partial charge in [0, 0.05) is 32.4 Å². The van der Waals surface area contributed by atoms with Crippen molar-refractivity contribution in [2.24, 2.45) is 0 Å². The van der Waals surface area contributed by atoms with E-state index in [-0.39, 0.29) is 0 Å². The fourth-order valence-electron chi connectivity index (χ4n) is 2.90. The molecule has 1 aliphatic heterocycles. The molecular formula is C17H19Cl2N3O2S. The van der Waals surface area contributed by atoms with Gasteiger partial charge in [-0.3, -0.25) is 0 Å². The first-order valence-corrected chi connectivity index (χ1v) is 10.1. The minimum atomic E-state index is -3.51. The summed E-state index contributed by atoms with van der Waals surface area (Å²) in [5, 5.41) is 0.947. The molecule has 5 nitrogen and oxygen atoms in total. The molecule has 1 aromatic heterocycles. The maximum Gasteiger partial charge on any atom is 0.243 e. The summed E-state index contributed by atoms with van der Waals surface area (Å²) in [6.45, 7) is 5.54. The van der Waals surface area contributed by atoms with E-state index in [2.05, 4.69) is 4.98 Å². The fourth-order valence-corrected chi connectivity index (χ4v) is 5.14. The third-order valence-corrected chi connectivity index (χ3v) is 6.81. The van der Waals surface area contributed by atoms with Crippen LogP contribution in [0.4, 0.5) is 5.82 Å². The van der Waals surface area contributed by atoms with Crippen LogP contribution in [0.15, 0.2) is 35.4 Å². The Kier molecular flexibility index (Phi) is 5.25. The van der Waals surface area contributed by atoms with Gasteiger partial charge in [-0.1, -0.05) is 35.3 Å². The van der Waals surface area contributed by atoms with Gasteiger partial charge < -0.3 is 4.90 Å². The van der Waals surface area contributed by atoms with Gasteiger partial charge in [0.05, 0.1) is 14.9 Å². The summed E-state index contributed by atoms with van der Waals surface area (Å²) >= 11 is 12.1. The van der Waals surface area contributed by atoms with E-state index in [1.165, 1.54) is 4.31 Å². The summed E-state index contributed by atoms with van der Waals surface area (Å²) in [6, 6.07) is 7.13. The van der Waals surface area contributed by atoms with E-state index in [1.807, 2.05) is 30.9 Å². The average Bonchev–Trinajstić information content (AvgIpc) is 2.57. The predicted molar refractivity (Wildman–Crippen MR) is 101 cm³/mol. The van der Waals surface area contributed by atoms with E-state index in [0.29, 0.717) is 46.9 Å². The Morgan fingerprint density at radius 3 is 2.36 bits per heavy atom. The number of sulfonamides is 1. The maximum atomic E-state index is 13.0. The number of anilines is 1.